The van der Waals surface area contributed by atoms with Crippen molar-refractivity contribution in [3.8, 4) is 5.75 Å². The number of hydrogen-bond donors (Lipinski definition) is 1. The van der Waals surface area contributed by atoms with Crippen molar-refractivity contribution in [2.45, 2.75) is 39.8 Å². The van der Waals surface area contributed by atoms with Crippen LogP contribution in [0.1, 0.15) is 30.0 Å². The zero-order chi connectivity index (χ0) is 20.7. The highest BCUT2D eigenvalue weighted by Crippen LogP contribution is 2.21. The lowest BCUT2D eigenvalue weighted by Gasteiger charge is -2.30. The van der Waals surface area contributed by atoms with Crippen LogP contribution < -0.4 is 10.1 Å². The average Bonchev–Trinajstić information content (AvgIpc) is 2.69. The van der Waals surface area contributed by atoms with Crippen LogP contribution >= 0.6 is 11.6 Å². The second kappa shape index (κ2) is 10.1. The van der Waals surface area contributed by atoms with E-state index in [-0.39, 0.29) is 25.0 Å². The summed E-state index contributed by atoms with van der Waals surface area (Å²) in [5.41, 5.74) is 3.03. The van der Waals surface area contributed by atoms with E-state index < -0.39 is 6.04 Å². The molecule has 0 bridgehead atoms. The van der Waals surface area contributed by atoms with Crippen LogP contribution in [0.25, 0.3) is 0 Å². The lowest BCUT2D eigenvalue weighted by Crippen LogP contribution is -2.49. The third-order valence-electron chi connectivity index (χ3n) is 4.77. The Hall–Kier alpha value is -2.53. The molecule has 0 saturated heterocycles. The normalized spacial score (nSPS) is 11.6. The fraction of sp³-hybridized carbons (Fsp3) is 0.364. The number of rotatable bonds is 8. The predicted octanol–water partition coefficient (Wildman–Crippen LogP) is 3.89. The standard InChI is InChI=1S/C22H27ClN2O3/c1-5-20(22(27)24-4)25(13-17-8-6-7-9-19(17)23)21(26)14-28-18-11-10-15(2)16(3)12-18/h6-12,20H,5,13-14H2,1-4H3,(H,24,27)/t20-/m0/s1. The van der Waals surface area contributed by atoms with Gasteiger partial charge in [0.15, 0.2) is 6.61 Å². The smallest absolute Gasteiger partial charge is 0.261 e. The topological polar surface area (TPSA) is 58.6 Å². The molecule has 2 amide bonds. The molecule has 28 heavy (non-hydrogen) atoms. The Morgan fingerprint density at radius 2 is 1.86 bits per heavy atom. The van der Waals surface area contributed by atoms with Crippen LogP contribution in [0.15, 0.2) is 42.5 Å². The van der Waals surface area contributed by atoms with Crippen LogP contribution in [0, 0.1) is 13.8 Å². The number of nitrogens with one attached hydrogen (secondary N) is 1. The van der Waals surface area contributed by atoms with Crippen molar-refractivity contribution in [2.24, 2.45) is 0 Å². The Balaban J connectivity index is 2.21. The minimum Gasteiger partial charge on any atom is -0.484 e. The molecule has 1 N–H and O–H groups in total. The predicted molar refractivity (Wildman–Crippen MR) is 112 cm³/mol. The maximum Gasteiger partial charge on any atom is 0.261 e. The minimum atomic E-state index is -0.600. The monoisotopic (exact) mass is 402 g/mol. The van der Waals surface area contributed by atoms with Crippen molar-refractivity contribution < 1.29 is 14.3 Å². The number of amides is 2. The van der Waals surface area contributed by atoms with Crippen molar-refractivity contribution in [1.82, 2.24) is 10.2 Å². The first-order chi connectivity index (χ1) is 13.4. The van der Waals surface area contributed by atoms with Crippen LogP contribution in [-0.2, 0) is 16.1 Å². The Morgan fingerprint density at radius 1 is 1.14 bits per heavy atom. The molecule has 2 rings (SSSR count). The van der Waals surface area contributed by atoms with E-state index in [0.29, 0.717) is 17.2 Å². The number of halogens is 1. The number of hydrogen-bond acceptors (Lipinski definition) is 3. The van der Waals surface area contributed by atoms with Gasteiger partial charge in [-0.2, -0.15) is 0 Å². The molecular formula is C22H27ClN2O3. The number of benzene rings is 2. The first kappa shape index (κ1) is 21.8. The summed E-state index contributed by atoms with van der Waals surface area (Å²) in [6.45, 7) is 5.97. The lowest BCUT2D eigenvalue weighted by atomic mass is 10.1. The molecule has 0 aliphatic rings. The van der Waals surface area contributed by atoms with Gasteiger partial charge in [0.1, 0.15) is 11.8 Å². The Bertz CT molecular complexity index is 838. The zero-order valence-corrected chi connectivity index (χ0v) is 17.5. The summed E-state index contributed by atoms with van der Waals surface area (Å²) in [4.78, 5) is 26.9. The molecule has 0 saturated carbocycles. The lowest BCUT2D eigenvalue weighted by molar-refractivity contribution is -0.142. The van der Waals surface area contributed by atoms with E-state index >= 15 is 0 Å². The van der Waals surface area contributed by atoms with Crippen LogP contribution in [0.5, 0.6) is 5.75 Å². The number of carbonyl (C=O) groups excluding carboxylic acids is 2. The van der Waals surface area contributed by atoms with E-state index in [0.717, 1.165) is 16.7 Å². The molecule has 1 atom stereocenters. The highest BCUT2D eigenvalue weighted by molar-refractivity contribution is 6.31. The van der Waals surface area contributed by atoms with Gasteiger partial charge >= 0.3 is 0 Å². The van der Waals surface area contributed by atoms with E-state index in [1.54, 1.807) is 13.1 Å². The molecule has 150 valence electrons. The minimum absolute atomic E-state index is 0.152. The van der Waals surface area contributed by atoms with Crippen LogP contribution in [-0.4, -0.2) is 36.4 Å². The van der Waals surface area contributed by atoms with Gasteiger partial charge in [0.2, 0.25) is 5.91 Å². The SMILES string of the molecule is CC[C@@H](C(=O)NC)N(Cc1ccccc1Cl)C(=O)COc1ccc(C)c(C)c1. The number of carbonyl (C=O) groups is 2. The maximum atomic E-state index is 13.0. The molecule has 0 heterocycles. The van der Waals surface area contributed by atoms with Crippen LogP contribution in [0.2, 0.25) is 5.02 Å². The molecule has 2 aromatic rings. The van der Waals surface area contributed by atoms with Gasteiger partial charge in [0.25, 0.3) is 5.91 Å². The highest BCUT2D eigenvalue weighted by Gasteiger charge is 2.28. The zero-order valence-electron chi connectivity index (χ0n) is 16.8. The molecule has 0 radical (unpaired) electrons. The van der Waals surface area contributed by atoms with Gasteiger partial charge in [-0.1, -0.05) is 42.8 Å². The number of likely N-dealkylation sites (N-methyl/N-ethyl adjacent to an activating group) is 1. The van der Waals surface area contributed by atoms with E-state index in [1.165, 1.54) is 4.90 Å². The van der Waals surface area contributed by atoms with Gasteiger partial charge in [0, 0.05) is 18.6 Å². The largest absolute Gasteiger partial charge is 0.484 e. The highest BCUT2D eigenvalue weighted by atomic mass is 35.5. The van der Waals surface area contributed by atoms with Crippen molar-refractivity contribution in [2.75, 3.05) is 13.7 Å². The maximum absolute atomic E-state index is 13.0. The molecule has 2 aromatic carbocycles. The van der Waals surface area contributed by atoms with Crippen molar-refractivity contribution >= 4 is 23.4 Å². The van der Waals surface area contributed by atoms with Gasteiger partial charge in [0.05, 0.1) is 0 Å². The van der Waals surface area contributed by atoms with Gasteiger partial charge in [-0.25, -0.2) is 0 Å². The van der Waals surface area contributed by atoms with E-state index in [4.69, 9.17) is 16.3 Å². The summed E-state index contributed by atoms with van der Waals surface area (Å²) in [6, 6.07) is 12.4. The van der Waals surface area contributed by atoms with Crippen molar-refractivity contribution in [3.63, 3.8) is 0 Å². The summed E-state index contributed by atoms with van der Waals surface area (Å²) < 4.78 is 5.70. The van der Waals surface area contributed by atoms with Crippen molar-refractivity contribution in [3.05, 3.63) is 64.2 Å². The number of nitrogens with zero attached hydrogens (tertiary/aromatic N) is 1. The van der Waals surface area contributed by atoms with Crippen LogP contribution in [0.4, 0.5) is 0 Å². The summed E-state index contributed by atoms with van der Waals surface area (Å²) in [5, 5.41) is 3.19. The third kappa shape index (κ3) is 5.49. The quantitative estimate of drug-likeness (QED) is 0.728. The summed E-state index contributed by atoms with van der Waals surface area (Å²) in [7, 11) is 1.56. The molecule has 5 nitrogen and oxygen atoms in total. The second-order valence-corrected chi connectivity index (χ2v) is 7.09. The molecule has 0 aliphatic heterocycles. The van der Waals surface area contributed by atoms with Gasteiger partial charge in [-0.15, -0.1) is 0 Å². The molecule has 0 aromatic heterocycles. The Morgan fingerprint density at radius 3 is 2.46 bits per heavy atom. The average molecular weight is 403 g/mol. The van der Waals surface area contributed by atoms with Crippen LogP contribution in [0.3, 0.4) is 0 Å². The summed E-state index contributed by atoms with van der Waals surface area (Å²) in [5.74, 6) is 0.143. The molecule has 0 aliphatic carbocycles. The molecule has 6 heteroatoms. The number of aryl methyl sites for hydroxylation is 2. The molecule has 0 unspecified atom stereocenters. The van der Waals surface area contributed by atoms with E-state index in [9.17, 15) is 9.59 Å². The van der Waals surface area contributed by atoms with Gasteiger partial charge in [-0.05, 0) is 55.2 Å². The fourth-order valence-electron chi connectivity index (χ4n) is 2.93. The Labute approximate surface area is 171 Å². The van der Waals surface area contributed by atoms with Crippen molar-refractivity contribution in [1.29, 1.82) is 0 Å². The van der Waals surface area contributed by atoms with Gasteiger partial charge in [-0.3, -0.25) is 9.59 Å². The molecular weight excluding hydrogens is 376 g/mol. The second-order valence-electron chi connectivity index (χ2n) is 6.69. The first-order valence-corrected chi connectivity index (χ1v) is 9.69. The third-order valence-corrected chi connectivity index (χ3v) is 5.14. The number of ether oxygens (including phenoxy) is 1. The van der Waals surface area contributed by atoms with Gasteiger partial charge < -0.3 is 15.0 Å². The Kier molecular flexibility index (Phi) is 7.88. The summed E-state index contributed by atoms with van der Waals surface area (Å²) in [6.07, 6.45) is 0.486. The van der Waals surface area contributed by atoms with E-state index in [1.807, 2.05) is 57.2 Å². The molecule has 0 fully saturated rings. The fourth-order valence-corrected chi connectivity index (χ4v) is 3.12. The first-order valence-electron chi connectivity index (χ1n) is 9.31. The van der Waals surface area contributed by atoms with E-state index in [2.05, 4.69) is 5.32 Å². The molecule has 0 spiro atoms. The summed E-state index contributed by atoms with van der Waals surface area (Å²) >= 11 is 6.27.